The Balaban J connectivity index is 1.95. The van der Waals surface area contributed by atoms with Crippen LogP contribution in [0.5, 0.6) is 0 Å². The van der Waals surface area contributed by atoms with E-state index in [4.69, 9.17) is 0 Å². The van der Waals surface area contributed by atoms with Gasteiger partial charge in [0.15, 0.2) is 0 Å². The van der Waals surface area contributed by atoms with Crippen molar-refractivity contribution in [3.63, 3.8) is 0 Å². The smallest absolute Gasteiger partial charge is 0.338 e. The van der Waals surface area contributed by atoms with Crippen molar-refractivity contribution in [2.24, 2.45) is 0 Å². The molecule has 104 valence electrons. The van der Waals surface area contributed by atoms with Gasteiger partial charge in [-0.05, 0) is 36.3 Å². The summed E-state index contributed by atoms with van der Waals surface area (Å²) in [6.07, 6.45) is 2.83. The van der Waals surface area contributed by atoms with Crippen molar-refractivity contribution in [2.45, 2.75) is 25.2 Å². The van der Waals surface area contributed by atoms with Crippen LogP contribution in [0.15, 0.2) is 30.3 Å². The summed E-state index contributed by atoms with van der Waals surface area (Å²) < 4.78 is 0. The van der Waals surface area contributed by atoms with Gasteiger partial charge in [-0.3, -0.25) is 0 Å². The largest absolute Gasteiger partial charge is 0.478 e. The summed E-state index contributed by atoms with van der Waals surface area (Å²) in [5, 5.41) is 13.2. The average molecular weight is 287 g/mol. The third kappa shape index (κ3) is 2.20. The highest BCUT2D eigenvalue weighted by atomic mass is 32.1. The molecule has 1 aromatic carbocycles. The normalized spacial score (nSPS) is 17.6. The van der Waals surface area contributed by atoms with Gasteiger partial charge < -0.3 is 10.4 Å². The number of anilines is 1. The molecule has 2 N–H and O–H groups in total. The molecule has 1 aliphatic carbocycles. The van der Waals surface area contributed by atoms with E-state index in [0.29, 0.717) is 11.5 Å². The first kappa shape index (κ1) is 13.2. The van der Waals surface area contributed by atoms with Gasteiger partial charge in [0.1, 0.15) is 5.00 Å². The average Bonchev–Trinajstić information content (AvgIpc) is 2.85. The number of carbonyl (C=O) groups is 1. The highest BCUT2D eigenvalue weighted by Crippen LogP contribution is 2.42. The van der Waals surface area contributed by atoms with E-state index < -0.39 is 5.97 Å². The zero-order chi connectivity index (χ0) is 14.1. The van der Waals surface area contributed by atoms with E-state index in [1.807, 2.05) is 6.07 Å². The maximum absolute atomic E-state index is 11.4. The van der Waals surface area contributed by atoms with Crippen LogP contribution < -0.4 is 5.32 Å². The molecule has 1 aliphatic rings. The fraction of sp³-hybridized carbons (Fsp3) is 0.312. The first-order valence-corrected chi connectivity index (χ1v) is 7.63. The zero-order valence-corrected chi connectivity index (χ0v) is 12.2. The maximum Gasteiger partial charge on any atom is 0.338 e. The molecule has 1 aromatic heterocycles. The number of nitrogens with one attached hydrogen (secondary N) is 1. The minimum Gasteiger partial charge on any atom is -0.478 e. The Kier molecular flexibility index (Phi) is 3.49. The number of aromatic carboxylic acids is 1. The Morgan fingerprint density at radius 1 is 1.35 bits per heavy atom. The Labute approximate surface area is 122 Å². The molecule has 20 heavy (non-hydrogen) atoms. The number of hydrogen-bond donors (Lipinski definition) is 2. The van der Waals surface area contributed by atoms with Crippen LogP contribution in [0.25, 0.3) is 0 Å². The highest BCUT2D eigenvalue weighted by molar-refractivity contribution is 7.16. The molecule has 1 atom stereocenters. The number of carboxylic acid groups (broad SMARTS) is 1. The molecule has 1 unspecified atom stereocenters. The van der Waals surface area contributed by atoms with Crippen molar-refractivity contribution in [1.29, 1.82) is 0 Å². The first-order chi connectivity index (χ1) is 9.70. The third-order valence-electron chi connectivity index (χ3n) is 3.98. The van der Waals surface area contributed by atoms with Crippen LogP contribution in [-0.2, 0) is 12.8 Å². The molecule has 0 radical (unpaired) electrons. The number of fused-ring (bicyclic) bond motifs is 1. The van der Waals surface area contributed by atoms with Crippen LogP contribution in [-0.4, -0.2) is 18.1 Å². The third-order valence-corrected chi connectivity index (χ3v) is 5.25. The van der Waals surface area contributed by atoms with Crippen LogP contribution in [0.2, 0.25) is 0 Å². The summed E-state index contributed by atoms with van der Waals surface area (Å²) in [5.41, 5.74) is 2.88. The summed E-state index contributed by atoms with van der Waals surface area (Å²) in [4.78, 5) is 12.7. The minimum absolute atomic E-state index is 0.485. The molecule has 0 aliphatic heterocycles. The molecule has 0 spiro atoms. The van der Waals surface area contributed by atoms with Crippen molar-refractivity contribution in [3.8, 4) is 0 Å². The second kappa shape index (κ2) is 5.29. The second-order valence-corrected chi connectivity index (χ2v) is 6.22. The van der Waals surface area contributed by atoms with Gasteiger partial charge in [0, 0.05) is 11.9 Å². The molecule has 0 saturated heterocycles. The Bertz CT molecular complexity index is 633. The lowest BCUT2D eigenvalue weighted by Crippen LogP contribution is -2.13. The fourth-order valence-electron chi connectivity index (χ4n) is 3.00. The molecular weight excluding hydrogens is 270 g/mol. The van der Waals surface area contributed by atoms with Gasteiger partial charge in [-0.15, -0.1) is 11.3 Å². The van der Waals surface area contributed by atoms with Crippen molar-refractivity contribution in [2.75, 3.05) is 12.4 Å². The van der Waals surface area contributed by atoms with Crippen LogP contribution in [0.4, 0.5) is 5.00 Å². The van der Waals surface area contributed by atoms with Gasteiger partial charge in [-0.25, -0.2) is 4.79 Å². The summed E-state index contributed by atoms with van der Waals surface area (Å²) in [6, 6.07) is 10.5. The van der Waals surface area contributed by atoms with Gasteiger partial charge in [-0.1, -0.05) is 30.3 Å². The summed E-state index contributed by atoms with van der Waals surface area (Å²) >= 11 is 1.60. The predicted molar refractivity (Wildman–Crippen MR) is 82.0 cm³/mol. The predicted octanol–water partition coefficient (Wildman–Crippen LogP) is 3.76. The lowest BCUT2D eigenvalue weighted by atomic mass is 9.83. The number of carboxylic acids is 1. The van der Waals surface area contributed by atoms with E-state index >= 15 is 0 Å². The Hall–Kier alpha value is -1.81. The molecule has 1 heterocycles. The van der Waals surface area contributed by atoms with E-state index in [9.17, 15) is 9.90 Å². The van der Waals surface area contributed by atoms with Crippen molar-refractivity contribution >= 4 is 22.3 Å². The van der Waals surface area contributed by atoms with Gasteiger partial charge in [-0.2, -0.15) is 0 Å². The van der Waals surface area contributed by atoms with Crippen molar-refractivity contribution in [3.05, 3.63) is 51.9 Å². The van der Waals surface area contributed by atoms with E-state index in [-0.39, 0.29) is 0 Å². The van der Waals surface area contributed by atoms with Gasteiger partial charge in [0.05, 0.1) is 5.56 Å². The van der Waals surface area contributed by atoms with E-state index in [1.165, 1.54) is 10.4 Å². The van der Waals surface area contributed by atoms with Crippen LogP contribution >= 0.6 is 11.3 Å². The summed E-state index contributed by atoms with van der Waals surface area (Å²) in [6.45, 7) is 0. The lowest BCUT2D eigenvalue weighted by Gasteiger charge is -2.22. The number of hydrogen-bond acceptors (Lipinski definition) is 3. The standard InChI is InChI=1S/C16H17NO2S/c1-17-15-14(16(18)19)12-8-7-11(9-13(12)20-15)10-5-3-2-4-6-10/h2-6,11,17H,7-9H2,1H3,(H,18,19). The van der Waals surface area contributed by atoms with E-state index in [2.05, 4.69) is 29.6 Å². The molecule has 4 heteroatoms. The SMILES string of the molecule is CNc1sc2c(c1C(=O)O)CCC(c1ccccc1)C2. The summed E-state index contributed by atoms with van der Waals surface area (Å²) in [5.74, 6) is -0.307. The van der Waals surface area contributed by atoms with Crippen molar-refractivity contribution in [1.82, 2.24) is 0 Å². The van der Waals surface area contributed by atoms with E-state index in [0.717, 1.165) is 29.8 Å². The van der Waals surface area contributed by atoms with E-state index in [1.54, 1.807) is 18.4 Å². The molecule has 2 aromatic rings. The van der Waals surface area contributed by atoms with Crippen LogP contribution in [0.3, 0.4) is 0 Å². The molecule has 3 rings (SSSR count). The molecule has 0 bridgehead atoms. The molecule has 3 nitrogen and oxygen atoms in total. The fourth-order valence-corrected chi connectivity index (χ4v) is 4.27. The molecule has 0 amide bonds. The lowest BCUT2D eigenvalue weighted by molar-refractivity contribution is 0.0697. The number of thiophene rings is 1. The zero-order valence-electron chi connectivity index (χ0n) is 11.3. The second-order valence-electron chi connectivity index (χ2n) is 5.11. The van der Waals surface area contributed by atoms with Gasteiger partial charge in [0.2, 0.25) is 0 Å². The van der Waals surface area contributed by atoms with Crippen LogP contribution in [0, 0.1) is 0 Å². The number of rotatable bonds is 3. The quantitative estimate of drug-likeness (QED) is 0.903. The topological polar surface area (TPSA) is 49.3 Å². The van der Waals surface area contributed by atoms with Gasteiger partial charge in [0.25, 0.3) is 0 Å². The van der Waals surface area contributed by atoms with Crippen molar-refractivity contribution < 1.29 is 9.90 Å². The Morgan fingerprint density at radius 2 is 2.10 bits per heavy atom. The molecule has 0 fully saturated rings. The molecular formula is C16H17NO2S. The monoisotopic (exact) mass is 287 g/mol. The first-order valence-electron chi connectivity index (χ1n) is 6.81. The number of benzene rings is 1. The maximum atomic E-state index is 11.4. The minimum atomic E-state index is -0.815. The van der Waals surface area contributed by atoms with Crippen LogP contribution in [0.1, 0.15) is 38.7 Å². The molecule has 0 saturated carbocycles. The van der Waals surface area contributed by atoms with Gasteiger partial charge >= 0.3 is 5.97 Å². The summed E-state index contributed by atoms with van der Waals surface area (Å²) in [7, 11) is 1.79. The Morgan fingerprint density at radius 3 is 2.75 bits per heavy atom. The highest BCUT2D eigenvalue weighted by Gasteiger charge is 2.28.